The lowest BCUT2D eigenvalue weighted by Gasteiger charge is -2.15. The van der Waals surface area contributed by atoms with Gasteiger partial charge in [0, 0.05) is 12.1 Å². The van der Waals surface area contributed by atoms with Gasteiger partial charge in [-0.05, 0) is 43.2 Å². The first-order valence-electron chi connectivity index (χ1n) is 8.33. The number of rotatable bonds is 3. The number of benzene rings is 1. The minimum atomic E-state index is -0.480. The lowest BCUT2D eigenvalue weighted by Crippen LogP contribution is -2.42. The molecular formula is C18H18N4O3. The number of hydrogen-bond acceptors (Lipinski definition) is 4. The van der Waals surface area contributed by atoms with Crippen molar-refractivity contribution in [2.75, 3.05) is 5.32 Å². The van der Waals surface area contributed by atoms with Crippen molar-refractivity contribution in [3.05, 3.63) is 36.6 Å². The molecule has 1 aliphatic rings. The Morgan fingerprint density at radius 3 is 3.04 bits per heavy atom. The van der Waals surface area contributed by atoms with Gasteiger partial charge in [-0.25, -0.2) is 4.98 Å². The van der Waals surface area contributed by atoms with Gasteiger partial charge in [-0.3, -0.25) is 9.59 Å². The zero-order valence-electron chi connectivity index (χ0n) is 13.5. The first kappa shape index (κ1) is 15.4. The molecule has 3 aromatic rings. The Balaban J connectivity index is 1.53. The van der Waals surface area contributed by atoms with Gasteiger partial charge in [-0.2, -0.15) is 0 Å². The van der Waals surface area contributed by atoms with Crippen molar-refractivity contribution < 1.29 is 14.0 Å². The Hall–Kier alpha value is -3.09. The third-order valence-electron chi connectivity index (χ3n) is 4.30. The molecule has 4 rings (SSSR count). The second-order valence-electron chi connectivity index (χ2n) is 6.15. The van der Waals surface area contributed by atoms with Gasteiger partial charge >= 0.3 is 0 Å². The number of imidazole rings is 1. The van der Waals surface area contributed by atoms with Crippen LogP contribution in [0.3, 0.4) is 0 Å². The fourth-order valence-corrected chi connectivity index (χ4v) is 3.02. The second kappa shape index (κ2) is 6.43. The average Bonchev–Trinajstić information content (AvgIpc) is 3.21. The molecule has 7 nitrogen and oxygen atoms in total. The summed E-state index contributed by atoms with van der Waals surface area (Å²) in [6.07, 6.45) is 4.43. The quantitative estimate of drug-likeness (QED) is 0.683. The minimum Gasteiger partial charge on any atom is -0.461 e. The molecule has 2 amide bonds. The topological polar surface area (TPSA) is 100 Å². The van der Waals surface area contributed by atoms with Gasteiger partial charge in [0.1, 0.15) is 6.04 Å². The summed E-state index contributed by atoms with van der Waals surface area (Å²) in [6.45, 7) is 0. The highest BCUT2D eigenvalue weighted by Crippen LogP contribution is 2.23. The maximum atomic E-state index is 12.4. The molecule has 25 heavy (non-hydrogen) atoms. The summed E-state index contributed by atoms with van der Waals surface area (Å²) in [5.41, 5.74) is 2.24. The average molecular weight is 338 g/mol. The van der Waals surface area contributed by atoms with Crippen LogP contribution in [0.2, 0.25) is 0 Å². The van der Waals surface area contributed by atoms with Gasteiger partial charge in [-0.15, -0.1) is 0 Å². The highest BCUT2D eigenvalue weighted by atomic mass is 16.3. The highest BCUT2D eigenvalue weighted by Gasteiger charge is 2.23. The smallest absolute Gasteiger partial charge is 0.246 e. The van der Waals surface area contributed by atoms with E-state index >= 15 is 0 Å². The predicted molar refractivity (Wildman–Crippen MR) is 92.8 cm³/mol. The first-order chi connectivity index (χ1) is 12.2. The van der Waals surface area contributed by atoms with E-state index in [1.54, 1.807) is 18.4 Å². The molecule has 0 spiro atoms. The van der Waals surface area contributed by atoms with Gasteiger partial charge in [0.25, 0.3) is 0 Å². The normalized spacial score (nSPS) is 17.9. The minimum absolute atomic E-state index is 0.0650. The standard InChI is InChI=1S/C18H18N4O3/c23-16-6-2-1-4-13(20-16)18(24)19-11-7-8-12-14(10-11)22-17(21-12)15-5-3-9-25-15/h3,5,7-10,13H,1-2,4,6H2,(H,19,24)(H,20,23)(H,21,22). The van der Waals surface area contributed by atoms with Crippen molar-refractivity contribution in [3.8, 4) is 11.6 Å². The van der Waals surface area contributed by atoms with E-state index in [1.165, 1.54) is 0 Å². The first-order valence-corrected chi connectivity index (χ1v) is 8.33. The SMILES string of the molecule is O=C1CCCCC(C(=O)Nc2ccc3nc(-c4ccco4)[nH]c3c2)N1. The van der Waals surface area contributed by atoms with Gasteiger partial charge in [0.15, 0.2) is 11.6 Å². The number of hydrogen-bond donors (Lipinski definition) is 3. The van der Waals surface area contributed by atoms with Crippen molar-refractivity contribution in [3.63, 3.8) is 0 Å². The van der Waals surface area contributed by atoms with Crippen LogP contribution in [-0.4, -0.2) is 27.8 Å². The number of amides is 2. The van der Waals surface area contributed by atoms with E-state index in [0.29, 0.717) is 30.1 Å². The van der Waals surface area contributed by atoms with Crippen molar-refractivity contribution in [1.29, 1.82) is 0 Å². The number of carbonyl (C=O) groups is 2. The fourth-order valence-electron chi connectivity index (χ4n) is 3.02. The third kappa shape index (κ3) is 3.26. The molecule has 0 radical (unpaired) electrons. The lowest BCUT2D eigenvalue weighted by atomic mass is 10.1. The summed E-state index contributed by atoms with van der Waals surface area (Å²) in [6, 6.07) is 8.60. The number of furan rings is 1. The number of H-pyrrole nitrogens is 1. The summed E-state index contributed by atoms with van der Waals surface area (Å²) in [5.74, 6) is 1.03. The summed E-state index contributed by atoms with van der Waals surface area (Å²) in [5, 5.41) is 5.65. The molecule has 0 saturated carbocycles. The fraction of sp³-hybridized carbons (Fsp3) is 0.278. The number of nitrogens with one attached hydrogen (secondary N) is 3. The molecule has 2 aromatic heterocycles. The molecule has 1 atom stereocenters. The molecule has 1 aliphatic heterocycles. The number of anilines is 1. The zero-order valence-corrected chi connectivity index (χ0v) is 13.5. The van der Waals surface area contributed by atoms with Crippen LogP contribution in [0.25, 0.3) is 22.6 Å². The van der Waals surface area contributed by atoms with Gasteiger partial charge in [0.05, 0.1) is 17.3 Å². The van der Waals surface area contributed by atoms with Gasteiger partial charge in [-0.1, -0.05) is 6.42 Å². The van der Waals surface area contributed by atoms with Crippen molar-refractivity contribution in [2.45, 2.75) is 31.7 Å². The van der Waals surface area contributed by atoms with Crippen molar-refractivity contribution in [1.82, 2.24) is 15.3 Å². The monoisotopic (exact) mass is 338 g/mol. The van der Waals surface area contributed by atoms with Crippen molar-refractivity contribution in [2.24, 2.45) is 0 Å². The molecule has 1 aromatic carbocycles. The molecule has 1 saturated heterocycles. The molecule has 7 heteroatoms. The zero-order chi connectivity index (χ0) is 17.2. The van der Waals surface area contributed by atoms with Crippen LogP contribution in [-0.2, 0) is 9.59 Å². The van der Waals surface area contributed by atoms with Crippen LogP contribution < -0.4 is 10.6 Å². The van der Waals surface area contributed by atoms with E-state index in [-0.39, 0.29) is 11.8 Å². The predicted octanol–water partition coefficient (Wildman–Crippen LogP) is 2.82. The second-order valence-corrected chi connectivity index (χ2v) is 6.15. The van der Waals surface area contributed by atoms with Crippen LogP contribution in [0.1, 0.15) is 25.7 Å². The van der Waals surface area contributed by atoms with Crippen LogP contribution in [0.15, 0.2) is 41.0 Å². The number of nitrogens with zero attached hydrogens (tertiary/aromatic N) is 1. The van der Waals surface area contributed by atoms with Crippen LogP contribution >= 0.6 is 0 Å². The molecule has 1 unspecified atom stereocenters. The van der Waals surface area contributed by atoms with E-state index in [9.17, 15) is 9.59 Å². The van der Waals surface area contributed by atoms with E-state index in [1.807, 2.05) is 18.2 Å². The Labute approximate surface area is 143 Å². The molecule has 3 heterocycles. The Morgan fingerprint density at radius 1 is 1.28 bits per heavy atom. The van der Waals surface area contributed by atoms with Gasteiger partial charge < -0.3 is 20.0 Å². The van der Waals surface area contributed by atoms with Crippen LogP contribution in [0.5, 0.6) is 0 Å². The maximum Gasteiger partial charge on any atom is 0.246 e. The molecule has 3 N–H and O–H groups in total. The summed E-state index contributed by atoms with van der Waals surface area (Å²) in [4.78, 5) is 31.7. The lowest BCUT2D eigenvalue weighted by molar-refractivity contribution is -0.125. The summed E-state index contributed by atoms with van der Waals surface area (Å²) < 4.78 is 5.34. The van der Waals surface area contributed by atoms with Gasteiger partial charge in [0.2, 0.25) is 11.8 Å². The Kier molecular flexibility index (Phi) is 3.97. The Morgan fingerprint density at radius 2 is 2.20 bits per heavy atom. The molecular weight excluding hydrogens is 320 g/mol. The van der Waals surface area contributed by atoms with E-state index in [4.69, 9.17) is 4.42 Å². The summed E-state index contributed by atoms with van der Waals surface area (Å²) in [7, 11) is 0. The van der Waals surface area contributed by atoms with Crippen LogP contribution in [0.4, 0.5) is 5.69 Å². The number of aromatic nitrogens is 2. The molecule has 0 aliphatic carbocycles. The highest BCUT2D eigenvalue weighted by molar-refractivity contribution is 5.98. The van der Waals surface area contributed by atoms with E-state index in [0.717, 1.165) is 23.9 Å². The largest absolute Gasteiger partial charge is 0.461 e. The van der Waals surface area contributed by atoms with Crippen molar-refractivity contribution >= 4 is 28.5 Å². The Bertz CT molecular complexity index is 914. The third-order valence-corrected chi connectivity index (χ3v) is 4.30. The molecule has 0 bridgehead atoms. The number of fused-ring (bicyclic) bond motifs is 1. The number of carbonyl (C=O) groups excluding carboxylic acids is 2. The summed E-state index contributed by atoms with van der Waals surface area (Å²) >= 11 is 0. The molecule has 128 valence electrons. The van der Waals surface area contributed by atoms with Crippen LogP contribution in [0, 0.1) is 0 Å². The molecule has 1 fully saturated rings. The maximum absolute atomic E-state index is 12.4. The van der Waals surface area contributed by atoms with E-state index < -0.39 is 6.04 Å². The van der Waals surface area contributed by atoms with E-state index in [2.05, 4.69) is 20.6 Å². The number of aromatic amines is 1.